The van der Waals surface area contributed by atoms with E-state index in [2.05, 4.69) is 0 Å². The molecule has 3 heteroatoms. The topological polar surface area (TPSA) is 35.5 Å². The summed E-state index contributed by atoms with van der Waals surface area (Å²) in [6.07, 6.45) is 4.01. The lowest BCUT2D eigenvalue weighted by atomic mass is 10.1. The average molecular weight is 282 g/mol. The maximum Gasteiger partial charge on any atom is 0.338 e. The highest BCUT2D eigenvalue weighted by atomic mass is 16.5. The van der Waals surface area contributed by atoms with Gasteiger partial charge in [-0.25, -0.2) is 4.79 Å². The molecule has 0 aliphatic rings. The van der Waals surface area contributed by atoms with E-state index in [4.69, 9.17) is 9.47 Å². The predicted molar refractivity (Wildman–Crippen MR) is 84.3 cm³/mol. The van der Waals surface area contributed by atoms with E-state index in [1.165, 1.54) is 0 Å². The fourth-order valence-electron chi connectivity index (χ4n) is 1.85. The highest BCUT2D eigenvalue weighted by molar-refractivity contribution is 5.89. The molecule has 21 heavy (non-hydrogen) atoms. The first-order valence-corrected chi connectivity index (χ1v) is 6.82. The molecule has 2 aromatic rings. The fourth-order valence-corrected chi connectivity index (χ4v) is 1.85. The van der Waals surface area contributed by atoms with Crippen LogP contribution in [0.4, 0.5) is 0 Å². The molecule has 0 saturated carbocycles. The maximum atomic E-state index is 11.5. The quantitative estimate of drug-likeness (QED) is 0.613. The smallest absolute Gasteiger partial charge is 0.338 e. The zero-order chi connectivity index (χ0) is 15.1. The van der Waals surface area contributed by atoms with Crippen molar-refractivity contribution in [2.24, 2.45) is 0 Å². The van der Waals surface area contributed by atoms with Gasteiger partial charge < -0.3 is 9.47 Å². The van der Waals surface area contributed by atoms with Crippen LogP contribution in [0.25, 0.3) is 12.2 Å². The standard InChI is InChI=1S/C18H18O3/c1-3-21-18(19)16-10-6-14(7-11-16)4-5-15-8-12-17(20-2)13-9-15/h4-13H,3H2,1-2H3/b5-4+. The van der Waals surface area contributed by atoms with Crippen LogP contribution >= 0.6 is 0 Å². The Morgan fingerprint density at radius 3 is 1.95 bits per heavy atom. The SMILES string of the molecule is CCOC(=O)c1ccc(/C=C/c2ccc(OC)cc2)cc1. The molecule has 0 unspecified atom stereocenters. The Morgan fingerprint density at radius 1 is 0.952 bits per heavy atom. The molecule has 0 radical (unpaired) electrons. The molecule has 0 amide bonds. The minimum atomic E-state index is -0.289. The molecule has 0 bridgehead atoms. The second-order valence-corrected chi connectivity index (χ2v) is 4.45. The van der Waals surface area contributed by atoms with Crippen LogP contribution in [0, 0.1) is 0 Å². The summed E-state index contributed by atoms with van der Waals surface area (Å²) in [4.78, 5) is 11.5. The van der Waals surface area contributed by atoms with Crippen LogP contribution in [0.15, 0.2) is 48.5 Å². The molecule has 0 fully saturated rings. The van der Waals surface area contributed by atoms with E-state index in [-0.39, 0.29) is 5.97 Å². The van der Waals surface area contributed by atoms with Crippen LogP contribution in [0.3, 0.4) is 0 Å². The van der Waals surface area contributed by atoms with Gasteiger partial charge in [0.25, 0.3) is 0 Å². The van der Waals surface area contributed by atoms with Crippen LogP contribution in [0.1, 0.15) is 28.4 Å². The van der Waals surface area contributed by atoms with Gasteiger partial charge in [-0.2, -0.15) is 0 Å². The summed E-state index contributed by atoms with van der Waals surface area (Å²) in [6.45, 7) is 2.18. The monoisotopic (exact) mass is 282 g/mol. The van der Waals surface area contributed by atoms with Crippen LogP contribution in [0.2, 0.25) is 0 Å². The summed E-state index contributed by atoms with van der Waals surface area (Å²) in [5.41, 5.74) is 2.68. The summed E-state index contributed by atoms with van der Waals surface area (Å²) < 4.78 is 10.1. The predicted octanol–water partition coefficient (Wildman–Crippen LogP) is 4.04. The van der Waals surface area contributed by atoms with Gasteiger partial charge in [-0.15, -0.1) is 0 Å². The molecule has 2 rings (SSSR count). The second-order valence-electron chi connectivity index (χ2n) is 4.45. The van der Waals surface area contributed by atoms with Crippen molar-refractivity contribution < 1.29 is 14.3 Å². The molecule has 0 aliphatic carbocycles. The highest BCUT2D eigenvalue weighted by Crippen LogP contribution is 2.14. The molecular formula is C18H18O3. The number of carbonyl (C=O) groups is 1. The Hall–Kier alpha value is -2.55. The lowest BCUT2D eigenvalue weighted by Crippen LogP contribution is -2.03. The van der Waals surface area contributed by atoms with Gasteiger partial charge in [0.15, 0.2) is 0 Å². The first kappa shape index (κ1) is 14.9. The minimum absolute atomic E-state index is 0.289. The third-order valence-corrected chi connectivity index (χ3v) is 3.01. The number of rotatable bonds is 5. The van der Waals surface area contributed by atoms with Gasteiger partial charge in [0, 0.05) is 0 Å². The van der Waals surface area contributed by atoms with Crippen LogP contribution in [-0.4, -0.2) is 19.7 Å². The molecule has 0 N–H and O–H groups in total. The van der Waals surface area contributed by atoms with Gasteiger partial charge in [-0.05, 0) is 42.3 Å². The van der Waals surface area contributed by atoms with E-state index < -0.39 is 0 Å². The highest BCUT2D eigenvalue weighted by Gasteiger charge is 2.04. The molecule has 0 aromatic heterocycles. The summed E-state index contributed by atoms with van der Waals surface area (Å²) in [6, 6.07) is 15.1. The molecule has 2 aromatic carbocycles. The zero-order valence-electron chi connectivity index (χ0n) is 12.2. The van der Waals surface area contributed by atoms with Crippen molar-refractivity contribution in [2.75, 3.05) is 13.7 Å². The number of hydrogen-bond donors (Lipinski definition) is 0. The van der Waals surface area contributed by atoms with E-state index in [9.17, 15) is 4.79 Å². The number of methoxy groups -OCH3 is 1. The summed E-state index contributed by atoms with van der Waals surface area (Å²) in [5, 5.41) is 0. The van der Waals surface area contributed by atoms with Gasteiger partial charge >= 0.3 is 5.97 Å². The minimum Gasteiger partial charge on any atom is -0.497 e. The van der Waals surface area contributed by atoms with Crippen LogP contribution in [-0.2, 0) is 4.74 Å². The van der Waals surface area contributed by atoms with Gasteiger partial charge in [0.2, 0.25) is 0 Å². The van der Waals surface area contributed by atoms with Gasteiger partial charge in [0.1, 0.15) is 5.75 Å². The van der Waals surface area contributed by atoms with Crippen molar-refractivity contribution in [2.45, 2.75) is 6.92 Å². The third-order valence-electron chi connectivity index (χ3n) is 3.01. The zero-order valence-corrected chi connectivity index (χ0v) is 12.2. The average Bonchev–Trinajstić information content (AvgIpc) is 2.54. The van der Waals surface area contributed by atoms with Crippen LogP contribution < -0.4 is 4.74 Å². The lowest BCUT2D eigenvalue weighted by Gasteiger charge is -2.02. The Morgan fingerprint density at radius 2 is 1.48 bits per heavy atom. The fraction of sp³-hybridized carbons (Fsp3) is 0.167. The number of carbonyl (C=O) groups excluding carboxylic acids is 1. The Kier molecular flexibility index (Phi) is 5.16. The van der Waals surface area contributed by atoms with Gasteiger partial charge in [-0.1, -0.05) is 36.4 Å². The number of hydrogen-bond acceptors (Lipinski definition) is 3. The summed E-state index contributed by atoms with van der Waals surface area (Å²) in [5.74, 6) is 0.550. The van der Waals surface area contributed by atoms with E-state index in [1.807, 2.05) is 48.6 Å². The number of esters is 1. The molecule has 3 nitrogen and oxygen atoms in total. The van der Waals surface area contributed by atoms with E-state index in [0.29, 0.717) is 12.2 Å². The van der Waals surface area contributed by atoms with Gasteiger partial charge in [0.05, 0.1) is 19.3 Å². The van der Waals surface area contributed by atoms with Crippen molar-refractivity contribution in [1.29, 1.82) is 0 Å². The molecule has 0 heterocycles. The summed E-state index contributed by atoms with van der Waals surface area (Å²) >= 11 is 0. The maximum absolute atomic E-state index is 11.5. The first-order chi connectivity index (χ1) is 10.2. The lowest BCUT2D eigenvalue weighted by molar-refractivity contribution is 0.0526. The van der Waals surface area contributed by atoms with E-state index in [0.717, 1.165) is 16.9 Å². The second kappa shape index (κ2) is 7.29. The first-order valence-electron chi connectivity index (χ1n) is 6.82. The van der Waals surface area contributed by atoms with Crippen molar-refractivity contribution in [1.82, 2.24) is 0 Å². The van der Waals surface area contributed by atoms with Gasteiger partial charge in [-0.3, -0.25) is 0 Å². The number of benzene rings is 2. The Balaban J connectivity index is 2.05. The molecule has 0 spiro atoms. The van der Waals surface area contributed by atoms with Crippen molar-refractivity contribution in [3.8, 4) is 5.75 Å². The third kappa shape index (κ3) is 4.21. The number of ether oxygens (including phenoxy) is 2. The Labute approximate surface area is 124 Å². The molecular weight excluding hydrogens is 264 g/mol. The van der Waals surface area contributed by atoms with E-state index in [1.54, 1.807) is 26.2 Å². The molecule has 0 atom stereocenters. The summed E-state index contributed by atoms with van der Waals surface area (Å²) in [7, 11) is 1.65. The van der Waals surface area contributed by atoms with Crippen molar-refractivity contribution >= 4 is 18.1 Å². The molecule has 108 valence electrons. The van der Waals surface area contributed by atoms with Crippen molar-refractivity contribution in [3.63, 3.8) is 0 Å². The van der Waals surface area contributed by atoms with E-state index >= 15 is 0 Å². The Bertz CT molecular complexity index is 610. The van der Waals surface area contributed by atoms with Crippen molar-refractivity contribution in [3.05, 3.63) is 65.2 Å². The van der Waals surface area contributed by atoms with Crippen LogP contribution in [0.5, 0.6) is 5.75 Å². The normalized spacial score (nSPS) is 10.6. The largest absolute Gasteiger partial charge is 0.497 e. The molecule has 0 saturated heterocycles. The molecule has 0 aliphatic heterocycles.